The molecule has 3 aromatic rings. The van der Waals surface area contributed by atoms with E-state index in [0.29, 0.717) is 5.95 Å². The van der Waals surface area contributed by atoms with E-state index in [2.05, 4.69) is 52.7 Å². The lowest BCUT2D eigenvalue weighted by atomic mass is 10.0. The topological polar surface area (TPSA) is 42.7 Å². The highest BCUT2D eigenvalue weighted by atomic mass is 19.1. The Bertz CT molecular complexity index is 863. The molecule has 0 aliphatic carbocycles. The maximum atomic E-state index is 13.2. The van der Waals surface area contributed by atoms with Gasteiger partial charge < -0.3 is 5.32 Å². The van der Waals surface area contributed by atoms with Gasteiger partial charge in [0.25, 0.3) is 0 Å². The summed E-state index contributed by atoms with van der Waals surface area (Å²) in [5.74, 6) is 0.432. The van der Waals surface area contributed by atoms with Crippen LogP contribution in [0.4, 0.5) is 10.3 Å². The van der Waals surface area contributed by atoms with Gasteiger partial charge in [-0.1, -0.05) is 42.0 Å². The number of rotatable bonds is 2. The van der Waals surface area contributed by atoms with E-state index in [9.17, 15) is 4.39 Å². The van der Waals surface area contributed by atoms with Gasteiger partial charge in [0, 0.05) is 5.70 Å². The van der Waals surface area contributed by atoms with Crippen molar-refractivity contribution in [1.82, 2.24) is 14.8 Å². The first-order valence-electron chi connectivity index (χ1n) is 7.41. The predicted octanol–water partition coefficient (Wildman–Crippen LogP) is 3.78. The van der Waals surface area contributed by atoms with Crippen LogP contribution in [0.5, 0.6) is 0 Å². The van der Waals surface area contributed by atoms with Gasteiger partial charge in [0.15, 0.2) is 0 Å². The van der Waals surface area contributed by atoms with Gasteiger partial charge in [-0.15, -0.1) is 0 Å². The second-order valence-electron chi connectivity index (χ2n) is 5.60. The third-order valence-electron chi connectivity index (χ3n) is 3.98. The van der Waals surface area contributed by atoms with Crippen LogP contribution in [0.15, 0.2) is 60.9 Å². The molecule has 0 amide bonds. The minimum absolute atomic E-state index is 0.120. The monoisotopic (exact) mass is 306 g/mol. The number of hydrogen-bond donors (Lipinski definition) is 1. The lowest BCUT2D eigenvalue weighted by Crippen LogP contribution is -2.20. The van der Waals surface area contributed by atoms with Crippen LogP contribution in [-0.2, 0) is 0 Å². The molecule has 2 heterocycles. The average Bonchev–Trinajstić information content (AvgIpc) is 3.04. The van der Waals surface area contributed by atoms with Gasteiger partial charge in [-0.3, -0.25) is 0 Å². The molecule has 1 aliphatic heterocycles. The molecule has 0 bridgehead atoms. The van der Waals surface area contributed by atoms with Gasteiger partial charge in [0.1, 0.15) is 18.2 Å². The molecule has 5 heteroatoms. The number of allylic oxidation sites excluding steroid dienone is 1. The summed E-state index contributed by atoms with van der Waals surface area (Å²) in [4.78, 5) is 4.27. The first kappa shape index (κ1) is 13.7. The smallest absolute Gasteiger partial charge is 0.226 e. The van der Waals surface area contributed by atoms with E-state index in [4.69, 9.17) is 0 Å². The van der Waals surface area contributed by atoms with E-state index in [0.717, 1.165) is 16.8 Å². The van der Waals surface area contributed by atoms with Crippen molar-refractivity contribution in [1.29, 1.82) is 0 Å². The third-order valence-corrected chi connectivity index (χ3v) is 3.98. The molecule has 2 aromatic carbocycles. The number of aromatic nitrogens is 3. The number of nitrogens with one attached hydrogen (secondary N) is 1. The van der Waals surface area contributed by atoms with Gasteiger partial charge in [-0.2, -0.15) is 10.1 Å². The Hall–Kier alpha value is -2.95. The zero-order valence-electron chi connectivity index (χ0n) is 12.6. The zero-order valence-corrected chi connectivity index (χ0v) is 12.6. The molecule has 1 N–H and O–H groups in total. The molecular formula is C18H15FN4. The Kier molecular flexibility index (Phi) is 3.19. The second kappa shape index (κ2) is 5.35. The fourth-order valence-corrected chi connectivity index (χ4v) is 2.73. The number of benzene rings is 2. The molecule has 0 radical (unpaired) electrons. The summed E-state index contributed by atoms with van der Waals surface area (Å²) in [6.07, 6.45) is 3.60. The summed E-state index contributed by atoms with van der Waals surface area (Å²) in [6.45, 7) is 2.06. The molecule has 1 atom stereocenters. The van der Waals surface area contributed by atoms with E-state index in [1.807, 2.05) is 0 Å². The minimum Gasteiger partial charge on any atom is -0.324 e. The van der Waals surface area contributed by atoms with Crippen molar-refractivity contribution in [3.05, 3.63) is 83.4 Å². The first-order valence-corrected chi connectivity index (χ1v) is 7.41. The number of hydrogen-bond acceptors (Lipinski definition) is 3. The number of nitrogens with zero attached hydrogens (tertiary/aromatic N) is 3. The Morgan fingerprint density at radius 1 is 1.04 bits per heavy atom. The number of halogens is 1. The van der Waals surface area contributed by atoms with Gasteiger partial charge in [0.2, 0.25) is 5.95 Å². The zero-order chi connectivity index (χ0) is 15.8. The molecule has 1 aromatic heterocycles. The highest BCUT2D eigenvalue weighted by Crippen LogP contribution is 2.31. The van der Waals surface area contributed by atoms with Crippen LogP contribution in [0.25, 0.3) is 5.70 Å². The standard InChI is InChI=1S/C18H15FN4/c1-12-2-4-13(5-3-12)16-10-17(14-6-8-15(19)9-7-14)23-18(22-16)20-11-21-23/h2-11,17H,1H3,(H,20,21,22). The lowest BCUT2D eigenvalue weighted by molar-refractivity contribution is 0.603. The Morgan fingerprint density at radius 2 is 1.78 bits per heavy atom. The van der Waals surface area contributed by atoms with Crippen molar-refractivity contribution in [3.63, 3.8) is 0 Å². The Morgan fingerprint density at radius 3 is 2.52 bits per heavy atom. The SMILES string of the molecule is Cc1ccc(C2=CC(c3ccc(F)cc3)n3ncnc3N2)cc1. The average molecular weight is 306 g/mol. The van der Waals surface area contributed by atoms with Crippen LogP contribution in [-0.4, -0.2) is 14.8 Å². The number of anilines is 1. The van der Waals surface area contributed by atoms with Crippen molar-refractivity contribution in [2.75, 3.05) is 5.32 Å². The highest BCUT2D eigenvalue weighted by molar-refractivity contribution is 5.77. The second-order valence-corrected chi connectivity index (χ2v) is 5.60. The van der Waals surface area contributed by atoms with Gasteiger partial charge in [-0.25, -0.2) is 9.07 Å². The van der Waals surface area contributed by atoms with E-state index in [-0.39, 0.29) is 11.9 Å². The maximum absolute atomic E-state index is 13.2. The molecule has 1 aliphatic rings. The fraction of sp³-hybridized carbons (Fsp3) is 0.111. The molecule has 23 heavy (non-hydrogen) atoms. The maximum Gasteiger partial charge on any atom is 0.226 e. The van der Waals surface area contributed by atoms with E-state index >= 15 is 0 Å². The normalized spacial score (nSPS) is 16.4. The molecule has 114 valence electrons. The summed E-state index contributed by atoms with van der Waals surface area (Å²) in [6, 6.07) is 14.7. The van der Waals surface area contributed by atoms with Crippen molar-refractivity contribution in [2.24, 2.45) is 0 Å². The quantitative estimate of drug-likeness (QED) is 0.783. The van der Waals surface area contributed by atoms with E-state index in [1.165, 1.54) is 24.0 Å². The first-order chi connectivity index (χ1) is 11.2. The number of aryl methyl sites for hydroxylation is 1. The highest BCUT2D eigenvalue weighted by Gasteiger charge is 2.23. The van der Waals surface area contributed by atoms with Crippen molar-refractivity contribution < 1.29 is 4.39 Å². The molecule has 4 rings (SSSR count). The van der Waals surface area contributed by atoms with Gasteiger partial charge in [-0.05, 0) is 36.3 Å². The minimum atomic E-state index is -0.246. The third kappa shape index (κ3) is 2.50. The lowest BCUT2D eigenvalue weighted by Gasteiger charge is -2.24. The molecule has 0 saturated carbocycles. The van der Waals surface area contributed by atoms with Crippen LogP contribution >= 0.6 is 0 Å². The van der Waals surface area contributed by atoms with Crippen LogP contribution in [0.3, 0.4) is 0 Å². The van der Waals surface area contributed by atoms with Crippen LogP contribution in [0.1, 0.15) is 22.7 Å². The Balaban J connectivity index is 1.79. The van der Waals surface area contributed by atoms with Gasteiger partial charge in [0.05, 0.1) is 0 Å². The summed E-state index contributed by atoms with van der Waals surface area (Å²) in [5.41, 5.74) is 4.23. The summed E-state index contributed by atoms with van der Waals surface area (Å²) in [7, 11) is 0. The van der Waals surface area contributed by atoms with Crippen LogP contribution < -0.4 is 5.32 Å². The van der Waals surface area contributed by atoms with Gasteiger partial charge >= 0.3 is 0 Å². The fourth-order valence-electron chi connectivity index (χ4n) is 2.73. The summed E-state index contributed by atoms with van der Waals surface area (Å²) < 4.78 is 15.0. The van der Waals surface area contributed by atoms with Crippen molar-refractivity contribution >= 4 is 11.6 Å². The molecule has 1 unspecified atom stereocenters. The molecule has 0 spiro atoms. The molecule has 0 fully saturated rings. The largest absolute Gasteiger partial charge is 0.324 e. The van der Waals surface area contributed by atoms with Crippen LogP contribution in [0.2, 0.25) is 0 Å². The van der Waals surface area contributed by atoms with Crippen molar-refractivity contribution in [3.8, 4) is 0 Å². The van der Waals surface area contributed by atoms with E-state index < -0.39 is 0 Å². The van der Waals surface area contributed by atoms with Crippen LogP contribution in [0, 0.1) is 12.7 Å². The molecule has 4 nitrogen and oxygen atoms in total. The predicted molar refractivity (Wildman–Crippen MR) is 87.3 cm³/mol. The Labute approximate surface area is 133 Å². The number of fused-ring (bicyclic) bond motifs is 1. The summed E-state index contributed by atoms with van der Waals surface area (Å²) in [5, 5.41) is 7.58. The van der Waals surface area contributed by atoms with Crippen molar-refractivity contribution in [2.45, 2.75) is 13.0 Å². The summed E-state index contributed by atoms with van der Waals surface area (Å²) >= 11 is 0. The molecule has 0 saturated heterocycles. The van der Waals surface area contributed by atoms with E-state index in [1.54, 1.807) is 16.8 Å². The molecular weight excluding hydrogens is 291 g/mol.